The average molecular weight is 426 g/mol. The van der Waals surface area contributed by atoms with Crippen molar-refractivity contribution in [2.75, 3.05) is 33.8 Å². The zero-order chi connectivity index (χ0) is 23.3. The lowest BCUT2D eigenvalue weighted by Crippen LogP contribution is -2.51. The first kappa shape index (κ1) is 28.1. The number of likely N-dealkylation sites (N-methyl/N-ethyl adjacent to an activating group) is 1. The number of nitrogens with one attached hydrogen (secondary N) is 1. The Bertz CT molecular complexity index is 555. The van der Waals surface area contributed by atoms with Gasteiger partial charge in [0.2, 0.25) is 12.3 Å². The van der Waals surface area contributed by atoms with E-state index in [4.69, 9.17) is 4.74 Å². The van der Waals surface area contributed by atoms with Crippen molar-refractivity contribution in [2.45, 2.75) is 72.9 Å². The van der Waals surface area contributed by atoms with Crippen molar-refractivity contribution in [1.82, 2.24) is 15.1 Å². The van der Waals surface area contributed by atoms with Gasteiger partial charge >= 0.3 is 5.97 Å². The van der Waals surface area contributed by atoms with Gasteiger partial charge in [0.1, 0.15) is 6.04 Å². The first-order chi connectivity index (χ1) is 14.1. The quantitative estimate of drug-likeness (QED) is 0.349. The molecular formula is C23H43N3O4. The molecule has 0 unspecified atom stereocenters. The Labute approximate surface area is 183 Å². The molecule has 1 heterocycles. The summed E-state index contributed by atoms with van der Waals surface area (Å²) in [5.74, 6) is -0.486. The molecule has 0 spiro atoms. The normalized spacial score (nSPS) is 16.9. The zero-order valence-electron chi connectivity index (χ0n) is 20.2. The molecule has 2 atom stereocenters. The summed E-state index contributed by atoms with van der Waals surface area (Å²) in [6, 6.07) is -0.850. The molecule has 174 valence electrons. The number of carbonyl (C=O) groups is 3. The number of likely N-dealkylation sites (tertiary alicyclic amines) is 1. The van der Waals surface area contributed by atoms with Crippen LogP contribution in [0.2, 0.25) is 0 Å². The largest absolute Gasteiger partial charge is 0.463 e. The van der Waals surface area contributed by atoms with Crippen LogP contribution in [-0.4, -0.2) is 74.0 Å². The van der Waals surface area contributed by atoms with Gasteiger partial charge in [0, 0.05) is 12.6 Å². The second-order valence-corrected chi connectivity index (χ2v) is 8.62. The highest BCUT2D eigenvalue weighted by molar-refractivity contribution is 5.88. The monoisotopic (exact) mass is 425 g/mol. The van der Waals surface area contributed by atoms with E-state index in [1.807, 2.05) is 27.7 Å². The number of esters is 1. The standard InChI is InChI=1S/C17H30N2O4.C6H13N/c1-8-23-17(22)13(6)9-14(11(2)3)19(7)16(21)15(12(4)5)18-10-20;1-7-5-3-2-4-6-7/h9-12,14-15H,8H2,1-7H3,(H,18,20);2-6H2,1H3/b13-9+;/t14-,15-;/m1./s1. The zero-order valence-corrected chi connectivity index (χ0v) is 20.2. The Morgan fingerprint density at radius 1 is 1.10 bits per heavy atom. The van der Waals surface area contributed by atoms with E-state index in [0.717, 1.165) is 0 Å². The van der Waals surface area contributed by atoms with E-state index in [9.17, 15) is 14.4 Å². The van der Waals surface area contributed by atoms with Gasteiger partial charge in [-0.05, 0) is 58.7 Å². The van der Waals surface area contributed by atoms with Crippen molar-refractivity contribution in [3.8, 4) is 0 Å². The molecule has 1 fully saturated rings. The number of hydrogen-bond acceptors (Lipinski definition) is 5. The summed E-state index contributed by atoms with van der Waals surface area (Å²) in [6.45, 7) is 14.1. The molecule has 0 saturated carbocycles. The highest BCUT2D eigenvalue weighted by Crippen LogP contribution is 2.16. The van der Waals surface area contributed by atoms with E-state index in [1.54, 1.807) is 31.9 Å². The highest BCUT2D eigenvalue weighted by Gasteiger charge is 2.29. The summed E-state index contributed by atoms with van der Waals surface area (Å²) in [5, 5.41) is 2.57. The van der Waals surface area contributed by atoms with Crippen molar-refractivity contribution >= 4 is 18.3 Å². The van der Waals surface area contributed by atoms with Gasteiger partial charge in [-0.1, -0.05) is 40.2 Å². The second kappa shape index (κ2) is 15.0. The van der Waals surface area contributed by atoms with Gasteiger partial charge in [-0.3, -0.25) is 9.59 Å². The van der Waals surface area contributed by atoms with Gasteiger partial charge in [-0.25, -0.2) is 4.79 Å². The van der Waals surface area contributed by atoms with Crippen LogP contribution in [0.1, 0.15) is 60.8 Å². The first-order valence-corrected chi connectivity index (χ1v) is 11.1. The minimum Gasteiger partial charge on any atom is -0.463 e. The van der Waals surface area contributed by atoms with Crippen LogP contribution >= 0.6 is 0 Å². The van der Waals surface area contributed by atoms with Crippen LogP contribution in [0.15, 0.2) is 11.6 Å². The number of nitrogens with zero attached hydrogens (tertiary/aromatic N) is 2. The van der Waals surface area contributed by atoms with Crippen LogP contribution in [0.4, 0.5) is 0 Å². The number of carbonyl (C=O) groups excluding carboxylic acids is 3. The molecule has 30 heavy (non-hydrogen) atoms. The summed E-state index contributed by atoms with van der Waals surface area (Å²) < 4.78 is 4.98. The van der Waals surface area contributed by atoms with E-state index in [1.165, 1.54) is 32.4 Å². The molecule has 2 amide bonds. The van der Waals surface area contributed by atoms with Crippen LogP contribution < -0.4 is 5.32 Å². The number of rotatable bonds is 9. The van der Waals surface area contributed by atoms with Gasteiger partial charge in [0.15, 0.2) is 0 Å². The molecule has 0 aromatic heterocycles. The van der Waals surface area contributed by atoms with E-state index in [2.05, 4.69) is 17.3 Å². The van der Waals surface area contributed by atoms with Crippen molar-refractivity contribution in [2.24, 2.45) is 11.8 Å². The Balaban J connectivity index is 0.000001000. The summed E-state index contributed by atoms with van der Waals surface area (Å²) >= 11 is 0. The maximum atomic E-state index is 12.7. The van der Waals surface area contributed by atoms with Crippen LogP contribution in [0.3, 0.4) is 0 Å². The number of piperidine rings is 1. The lowest BCUT2D eigenvalue weighted by molar-refractivity contribution is -0.139. The summed E-state index contributed by atoms with van der Waals surface area (Å²) in [4.78, 5) is 39.1. The maximum Gasteiger partial charge on any atom is 0.333 e. The van der Waals surface area contributed by atoms with Crippen LogP contribution in [0.5, 0.6) is 0 Å². The predicted octanol–water partition coefficient (Wildman–Crippen LogP) is 2.85. The van der Waals surface area contributed by atoms with Gasteiger partial charge < -0.3 is 19.9 Å². The Morgan fingerprint density at radius 2 is 1.67 bits per heavy atom. The van der Waals surface area contributed by atoms with E-state index >= 15 is 0 Å². The molecule has 0 aromatic carbocycles. The predicted molar refractivity (Wildman–Crippen MR) is 121 cm³/mol. The number of ether oxygens (including phenoxy) is 1. The molecule has 1 aliphatic rings. The Hall–Kier alpha value is -1.89. The highest BCUT2D eigenvalue weighted by atomic mass is 16.5. The van der Waals surface area contributed by atoms with Crippen molar-refractivity contribution in [3.05, 3.63) is 11.6 Å². The van der Waals surface area contributed by atoms with Crippen molar-refractivity contribution < 1.29 is 19.1 Å². The van der Waals surface area contributed by atoms with Gasteiger partial charge in [-0.15, -0.1) is 0 Å². The average Bonchev–Trinajstić information content (AvgIpc) is 2.69. The van der Waals surface area contributed by atoms with E-state index in [0.29, 0.717) is 18.6 Å². The number of hydrogen-bond donors (Lipinski definition) is 1. The summed E-state index contributed by atoms with van der Waals surface area (Å²) in [7, 11) is 3.88. The minimum absolute atomic E-state index is 0.0295. The van der Waals surface area contributed by atoms with E-state index in [-0.39, 0.29) is 29.8 Å². The second-order valence-electron chi connectivity index (χ2n) is 8.62. The van der Waals surface area contributed by atoms with Crippen LogP contribution in [-0.2, 0) is 19.1 Å². The molecule has 1 N–H and O–H groups in total. The fraction of sp³-hybridized carbons (Fsp3) is 0.783. The summed E-state index contributed by atoms with van der Waals surface area (Å²) in [5.41, 5.74) is 0.467. The smallest absolute Gasteiger partial charge is 0.333 e. The molecule has 7 nitrogen and oxygen atoms in total. The molecule has 1 aliphatic heterocycles. The fourth-order valence-electron chi connectivity index (χ4n) is 3.36. The molecule has 0 radical (unpaired) electrons. The van der Waals surface area contributed by atoms with Crippen molar-refractivity contribution in [3.63, 3.8) is 0 Å². The fourth-order valence-corrected chi connectivity index (χ4v) is 3.36. The third-order valence-electron chi connectivity index (χ3n) is 5.26. The lowest BCUT2D eigenvalue weighted by Gasteiger charge is -2.33. The van der Waals surface area contributed by atoms with Crippen molar-refractivity contribution in [1.29, 1.82) is 0 Å². The number of amides is 2. The van der Waals surface area contributed by atoms with Gasteiger partial charge in [0.05, 0.1) is 12.6 Å². The van der Waals surface area contributed by atoms with E-state index < -0.39 is 6.04 Å². The molecule has 0 aromatic rings. The lowest BCUT2D eigenvalue weighted by atomic mass is 9.97. The Morgan fingerprint density at radius 3 is 2.03 bits per heavy atom. The van der Waals surface area contributed by atoms with Crippen LogP contribution in [0, 0.1) is 11.8 Å². The third kappa shape index (κ3) is 10.2. The maximum absolute atomic E-state index is 12.7. The van der Waals surface area contributed by atoms with Gasteiger partial charge in [0.25, 0.3) is 0 Å². The topological polar surface area (TPSA) is 79.0 Å². The van der Waals surface area contributed by atoms with Crippen LogP contribution in [0.25, 0.3) is 0 Å². The Kier molecular flexibility index (Phi) is 14.0. The first-order valence-electron chi connectivity index (χ1n) is 11.1. The summed E-state index contributed by atoms with van der Waals surface area (Å²) in [6.07, 6.45) is 6.57. The molecule has 7 heteroatoms. The minimum atomic E-state index is -0.588. The SMILES string of the molecule is CCOC(=O)/C(C)=C/[C@H](C(C)C)N(C)C(=O)[C@H](NC=O)C(C)C.CN1CCCCC1. The third-order valence-corrected chi connectivity index (χ3v) is 5.26. The molecular weight excluding hydrogens is 382 g/mol. The molecule has 0 aliphatic carbocycles. The molecule has 0 bridgehead atoms. The van der Waals surface area contributed by atoms with Gasteiger partial charge in [-0.2, -0.15) is 0 Å². The molecule has 1 saturated heterocycles. The molecule has 1 rings (SSSR count).